The molecule has 1 atom stereocenters. The van der Waals surface area contributed by atoms with Crippen LogP contribution >= 0.6 is 11.6 Å². The van der Waals surface area contributed by atoms with Crippen molar-refractivity contribution in [2.75, 3.05) is 5.32 Å². The van der Waals surface area contributed by atoms with Gasteiger partial charge in [-0.2, -0.15) is 0 Å². The Morgan fingerprint density at radius 3 is 2.48 bits per heavy atom. The number of sulfonamides is 1. The molecule has 1 aromatic carbocycles. The molecule has 13 heteroatoms. The lowest BCUT2D eigenvalue weighted by molar-refractivity contribution is -0.0567. The average Bonchev–Trinajstić information content (AvgIpc) is 3.05. The lowest BCUT2D eigenvalue weighted by Crippen LogP contribution is -2.49. The van der Waals surface area contributed by atoms with Gasteiger partial charge in [0, 0.05) is 38.8 Å². The first-order valence-corrected chi connectivity index (χ1v) is 10.8. The quantitative estimate of drug-likeness (QED) is 0.491. The minimum atomic E-state index is -4.61. The van der Waals surface area contributed by atoms with Gasteiger partial charge in [-0.05, 0) is 12.8 Å². The van der Waals surface area contributed by atoms with E-state index >= 15 is 0 Å². The Morgan fingerprint density at radius 1 is 1.26 bits per heavy atom. The van der Waals surface area contributed by atoms with E-state index in [-0.39, 0.29) is 12.8 Å². The highest BCUT2D eigenvalue weighted by Crippen LogP contribution is 2.35. The number of carbonyl (C=O) groups is 1. The van der Waals surface area contributed by atoms with Crippen molar-refractivity contribution in [3.05, 3.63) is 46.5 Å². The Labute approximate surface area is 180 Å². The first-order valence-electron chi connectivity index (χ1n) is 9.62. The molecular formula is C18H17ClF5N3O3S. The number of aromatic nitrogens is 1. The normalized spacial score (nSPS) is 19.2. The van der Waals surface area contributed by atoms with Gasteiger partial charge < -0.3 is 9.88 Å². The fourth-order valence-electron chi connectivity index (χ4n) is 3.23. The number of nitrogens with zero attached hydrogens (tertiary/aromatic N) is 1. The maximum atomic E-state index is 14.1. The molecule has 0 saturated heterocycles. The fraction of sp³-hybridized carbons (Fsp3) is 0.389. The predicted octanol–water partition coefficient (Wildman–Crippen LogP) is 4.20. The van der Waals surface area contributed by atoms with Crippen LogP contribution in [0.5, 0.6) is 0 Å². The third kappa shape index (κ3) is 4.70. The maximum absolute atomic E-state index is 14.1. The van der Waals surface area contributed by atoms with Crippen LogP contribution in [-0.2, 0) is 17.0 Å². The highest BCUT2D eigenvalue weighted by Gasteiger charge is 2.44. The van der Waals surface area contributed by atoms with Crippen LogP contribution in [0, 0.1) is 17.5 Å². The van der Waals surface area contributed by atoms with Crippen molar-refractivity contribution in [2.24, 2.45) is 7.02 Å². The van der Waals surface area contributed by atoms with Crippen LogP contribution in [0.1, 0.15) is 37.5 Å². The molecule has 2 aromatic rings. The van der Waals surface area contributed by atoms with E-state index in [9.17, 15) is 35.2 Å². The van der Waals surface area contributed by atoms with Gasteiger partial charge in [0.2, 0.25) is 10.0 Å². The summed E-state index contributed by atoms with van der Waals surface area (Å²) in [4.78, 5) is 11.9. The Kier molecular flexibility index (Phi) is 5.97. The number of halogens is 6. The van der Waals surface area contributed by atoms with Gasteiger partial charge >= 0.3 is 0 Å². The zero-order valence-corrected chi connectivity index (χ0v) is 17.3. The first kappa shape index (κ1) is 22.0. The maximum Gasteiger partial charge on any atom is 0.273 e. The van der Waals surface area contributed by atoms with E-state index in [1.54, 1.807) is 0 Å². The summed E-state index contributed by atoms with van der Waals surface area (Å²) < 4.78 is 104. The van der Waals surface area contributed by atoms with Crippen molar-refractivity contribution in [2.45, 2.75) is 42.5 Å². The number of aryl methyl sites for hydroxylation is 1. The largest absolute Gasteiger partial charge is 0.344 e. The van der Waals surface area contributed by atoms with Gasteiger partial charge in [-0.3, -0.25) is 4.79 Å². The molecule has 1 saturated carbocycles. The van der Waals surface area contributed by atoms with E-state index in [0.717, 1.165) is 10.8 Å². The zero-order valence-electron chi connectivity index (χ0n) is 16.7. The second-order valence-corrected chi connectivity index (χ2v) is 9.07. The van der Waals surface area contributed by atoms with Crippen molar-refractivity contribution < 1.29 is 36.5 Å². The van der Waals surface area contributed by atoms with Crippen LogP contribution in [0.15, 0.2) is 23.2 Å². The van der Waals surface area contributed by atoms with Gasteiger partial charge in [-0.25, -0.2) is 35.1 Å². The molecule has 1 unspecified atom stereocenters. The number of carbonyl (C=O) groups excluding carboxylic acids is 1. The average molecular weight is 487 g/mol. The second kappa shape index (κ2) is 8.40. The van der Waals surface area contributed by atoms with E-state index in [1.165, 1.54) is 0 Å². The van der Waals surface area contributed by atoms with Gasteiger partial charge in [-0.15, -0.1) is 0 Å². The fourth-order valence-corrected chi connectivity index (χ4v) is 5.17. The predicted molar refractivity (Wildman–Crippen MR) is 102 cm³/mol. The Bertz CT molecular complexity index is 1140. The smallest absolute Gasteiger partial charge is 0.273 e. The molecule has 1 fully saturated rings. The molecule has 3 rings (SSSR count). The molecular weight excluding hydrogens is 469 g/mol. The highest BCUT2D eigenvalue weighted by molar-refractivity contribution is 7.89. The number of rotatable bonds is 5. The molecule has 1 heterocycles. The standard InChI is InChI=1S/C18H17ClF5N3O3S/c1-27-8-12(31(29,30)26-13-4-2-3-5-18(13,23)24)14(19)16(27)17(28)25-9-6-10(20)15(22)11(21)7-9/h6-8,13,26H,2-5H2,1H3,(H,25,28)/i1D. The summed E-state index contributed by atoms with van der Waals surface area (Å²) in [7, 11) is -5.31. The van der Waals surface area contributed by atoms with E-state index < -0.39 is 80.1 Å². The first-order chi connectivity index (χ1) is 14.9. The Morgan fingerprint density at radius 2 is 1.90 bits per heavy atom. The lowest BCUT2D eigenvalue weighted by Gasteiger charge is -2.31. The Balaban J connectivity index is 1.93. The molecule has 0 aliphatic heterocycles. The molecule has 1 aliphatic rings. The van der Waals surface area contributed by atoms with Gasteiger partial charge in [0.05, 0.1) is 11.1 Å². The lowest BCUT2D eigenvalue weighted by atomic mass is 9.92. The molecule has 1 amide bonds. The summed E-state index contributed by atoms with van der Waals surface area (Å²) in [5.41, 5.74) is -1.06. The van der Waals surface area contributed by atoms with Crippen molar-refractivity contribution >= 4 is 33.2 Å². The molecule has 2 N–H and O–H groups in total. The van der Waals surface area contributed by atoms with Gasteiger partial charge in [0.1, 0.15) is 10.6 Å². The van der Waals surface area contributed by atoms with E-state index in [2.05, 4.69) is 0 Å². The highest BCUT2D eigenvalue weighted by atomic mass is 35.5. The summed E-state index contributed by atoms with van der Waals surface area (Å²) in [6.07, 6.45) is 0.871. The molecule has 0 bridgehead atoms. The van der Waals surface area contributed by atoms with E-state index in [4.69, 9.17) is 13.0 Å². The zero-order chi connectivity index (χ0) is 23.8. The summed E-state index contributed by atoms with van der Waals surface area (Å²) >= 11 is 6.05. The summed E-state index contributed by atoms with van der Waals surface area (Å²) in [5.74, 6) is -9.34. The van der Waals surface area contributed by atoms with Crippen LogP contribution < -0.4 is 10.0 Å². The van der Waals surface area contributed by atoms with Crippen molar-refractivity contribution in [1.29, 1.82) is 0 Å². The Hall–Kier alpha value is -2.18. The topological polar surface area (TPSA) is 80.2 Å². The number of nitrogens with one attached hydrogen (secondary N) is 2. The van der Waals surface area contributed by atoms with Gasteiger partial charge in [-0.1, -0.05) is 18.0 Å². The molecule has 31 heavy (non-hydrogen) atoms. The molecule has 170 valence electrons. The molecule has 0 spiro atoms. The van der Waals surface area contributed by atoms with Crippen molar-refractivity contribution in [3.63, 3.8) is 0 Å². The number of alkyl halides is 2. The number of amides is 1. The van der Waals surface area contributed by atoms with Crippen molar-refractivity contribution in [3.8, 4) is 0 Å². The van der Waals surface area contributed by atoms with E-state index in [0.29, 0.717) is 18.6 Å². The van der Waals surface area contributed by atoms with Crippen LogP contribution in [0.25, 0.3) is 0 Å². The number of hydrogen-bond acceptors (Lipinski definition) is 3. The third-order valence-electron chi connectivity index (χ3n) is 4.79. The number of benzene rings is 1. The summed E-state index contributed by atoms with van der Waals surface area (Å²) in [5, 5.41) is 1.36. The molecule has 1 aromatic heterocycles. The minimum Gasteiger partial charge on any atom is -0.344 e. The molecule has 1 aliphatic carbocycles. The monoisotopic (exact) mass is 486 g/mol. The summed E-state index contributed by atoms with van der Waals surface area (Å²) in [6, 6.07) is -0.690. The van der Waals surface area contributed by atoms with Gasteiger partial charge in [0.25, 0.3) is 11.8 Å². The molecule has 6 nitrogen and oxygen atoms in total. The van der Waals surface area contributed by atoms with Crippen LogP contribution in [0.3, 0.4) is 0 Å². The third-order valence-corrected chi connectivity index (χ3v) is 6.77. The van der Waals surface area contributed by atoms with Crippen LogP contribution in [-0.4, -0.2) is 30.9 Å². The summed E-state index contributed by atoms with van der Waals surface area (Å²) in [6.45, 7) is 0. The minimum absolute atomic E-state index is 0.0992. The number of hydrogen-bond donors (Lipinski definition) is 2. The van der Waals surface area contributed by atoms with E-state index in [1.807, 2.05) is 10.0 Å². The van der Waals surface area contributed by atoms with Crippen molar-refractivity contribution in [1.82, 2.24) is 9.29 Å². The SMILES string of the molecule is [2H]Cn1cc(S(=O)(=O)NC2CCCCC2(F)F)c(Cl)c1C(=O)Nc1cc(F)c(F)c(F)c1. The van der Waals surface area contributed by atoms with Gasteiger partial charge in [0.15, 0.2) is 17.5 Å². The second-order valence-electron chi connectivity index (χ2n) is 7.01. The molecule has 0 radical (unpaired) electrons. The van der Waals surface area contributed by atoms with Crippen LogP contribution in [0.2, 0.25) is 5.02 Å². The van der Waals surface area contributed by atoms with Crippen LogP contribution in [0.4, 0.5) is 27.6 Å². The number of anilines is 1.